The van der Waals surface area contributed by atoms with E-state index in [1.54, 1.807) is 6.08 Å². The topological polar surface area (TPSA) is 0 Å². The first-order valence-corrected chi connectivity index (χ1v) is 17.4. The Hall–Kier alpha value is -5.83. The van der Waals surface area contributed by atoms with Crippen LogP contribution in [0.3, 0.4) is 0 Å². The van der Waals surface area contributed by atoms with Crippen molar-refractivity contribution in [2.75, 3.05) is 0 Å². The summed E-state index contributed by atoms with van der Waals surface area (Å²) in [5, 5.41) is 8.88. The summed E-state index contributed by atoms with van der Waals surface area (Å²) in [5.41, 5.74) is 8.43. The summed E-state index contributed by atoms with van der Waals surface area (Å²) in [7, 11) is 0. The smallest absolute Gasteiger partial charge is 0.138 e. The van der Waals surface area contributed by atoms with E-state index >= 15 is 4.39 Å². The van der Waals surface area contributed by atoms with Crippen LogP contribution < -0.4 is 0 Å². The molecule has 2 heteroatoms. The largest absolute Gasteiger partial charge is 0.206 e. The Kier molecular flexibility index (Phi) is 7.00. The molecule has 1 heterocycles. The summed E-state index contributed by atoms with van der Waals surface area (Å²) in [6, 6.07) is 49.6. The standard InChI is InChI=1S/C47H31FS/c1-3-15-37-31(4-2)45(36-22-12-13-23-38(36)47(37)48)40-24-14-25-41-46(40)39-27-26-30(28-42(39)49-41)44-34-20-10-8-18-32(34)43(29-16-6-5-7-17-29)33-19-9-11-21-35(33)44/h3-28H,2H2,1H3/b15-3-. The zero-order valence-corrected chi connectivity index (χ0v) is 27.8. The van der Waals surface area contributed by atoms with Crippen LogP contribution in [0.4, 0.5) is 4.39 Å². The van der Waals surface area contributed by atoms with Crippen LogP contribution in [0.15, 0.2) is 152 Å². The number of rotatable bonds is 5. The molecular formula is C47H31FS. The molecule has 0 saturated heterocycles. The third-order valence-corrected chi connectivity index (χ3v) is 10.9. The van der Waals surface area contributed by atoms with Crippen molar-refractivity contribution >= 4 is 76.0 Å². The van der Waals surface area contributed by atoms with Crippen LogP contribution in [-0.4, -0.2) is 0 Å². The Labute approximate surface area is 288 Å². The Bertz CT molecular complexity index is 2740. The van der Waals surface area contributed by atoms with E-state index in [1.165, 1.54) is 64.0 Å². The summed E-state index contributed by atoms with van der Waals surface area (Å²) in [6.07, 6.45) is 5.56. The molecule has 0 radical (unpaired) electrons. The molecule has 0 nitrogen and oxygen atoms in total. The summed E-state index contributed by atoms with van der Waals surface area (Å²) in [4.78, 5) is 0. The summed E-state index contributed by atoms with van der Waals surface area (Å²) in [5.74, 6) is -0.211. The molecule has 0 fully saturated rings. The SMILES string of the molecule is C=Cc1c(/C=C\C)c(F)c2ccccc2c1-c1cccc2sc3cc(-c4c5ccccc5c(-c5ccccc5)c5ccccc45)ccc3c12. The number of fused-ring (bicyclic) bond motifs is 6. The fourth-order valence-corrected chi connectivity index (χ4v) is 8.98. The van der Waals surface area contributed by atoms with E-state index in [4.69, 9.17) is 0 Å². The van der Waals surface area contributed by atoms with E-state index in [1.807, 2.05) is 54.7 Å². The van der Waals surface area contributed by atoms with E-state index in [-0.39, 0.29) is 5.82 Å². The first-order valence-electron chi connectivity index (χ1n) is 16.6. The number of hydrogen-bond acceptors (Lipinski definition) is 1. The third kappa shape index (κ3) is 4.49. The van der Waals surface area contributed by atoms with Crippen molar-refractivity contribution in [3.8, 4) is 33.4 Å². The maximum absolute atomic E-state index is 16.0. The Morgan fingerprint density at radius 2 is 1.08 bits per heavy atom. The second-order valence-electron chi connectivity index (χ2n) is 12.5. The molecule has 0 aliphatic carbocycles. The van der Waals surface area contributed by atoms with Gasteiger partial charge in [0.2, 0.25) is 0 Å². The average Bonchev–Trinajstić information content (AvgIpc) is 3.53. The molecule has 0 atom stereocenters. The summed E-state index contributed by atoms with van der Waals surface area (Å²) in [6.45, 7) is 6.08. The highest BCUT2D eigenvalue weighted by Gasteiger charge is 2.22. The zero-order valence-electron chi connectivity index (χ0n) is 27.0. The number of allylic oxidation sites excluding steroid dienone is 1. The van der Waals surface area contributed by atoms with Crippen LogP contribution in [0.25, 0.3) is 98.0 Å². The predicted molar refractivity (Wildman–Crippen MR) is 213 cm³/mol. The first-order chi connectivity index (χ1) is 24.2. The van der Waals surface area contributed by atoms with E-state index in [0.29, 0.717) is 10.9 Å². The molecule has 0 amide bonds. The highest BCUT2D eigenvalue weighted by atomic mass is 32.1. The van der Waals surface area contributed by atoms with E-state index < -0.39 is 0 Å². The van der Waals surface area contributed by atoms with E-state index in [0.717, 1.165) is 22.1 Å². The van der Waals surface area contributed by atoms with Crippen LogP contribution in [0.1, 0.15) is 18.1 Å². The van der Waals surface area contributed by atoms with E-state index in [2.05, 4.69) is 122 Å². The van der Waals surface area contributed by atoms with Crippen molar-refractivity contribution < 1.29 is 4.39 Å². The lowest BCUT2D eigenvalue weighted by Crippen LogP contribution is -1.96. The Morgan fingerprint density at radius 1 is 0.510 bits per heavy atom. The average molecular weight is 647 g/mol. The quantitative estimate of drug-likeness (QED) is 0.163. The molecule has 0 aliphatic heterocycles. The number of halogens is 1. The molecule has 49 heavy (non-hydrogen) atoms. The highest BCUT2D eigenvalue weighted by molar-refractivity contribution is 7.26. The lowest BCUT2D eigenvalue weighted by Gasteiger charge is -2.18. The minimum atomic E-state index is -0.211. The van der Waals surface area contributed by atoms with Gasteiger partial charge in [0, 0.05) is 31.1 Å². The Morgan fingerprint density at radius 3 is 1.69 bits per heavy atom. The second kappa shape index (κ2) is 11.7. The molecule has 0 N–H and O–H groups in total. The van der Waals surface area contributed by atoms with Crippen LogP contribution >= 0.6 is 11.3 Å². The van der Waals surface area contributed by atoms with Gasteiger partial charge in [-0.15, -0.1) is 11.3 Å². The molecule has 0 bridgehead atoms. The predicted octanol–water partition coefficient (Wildman–Crippen LogP) is 14.3. The normalized spacial score (nSPS) is 11.9. The molecule has 0 saturated carbocycles. The molecule has 9 rings (SSSR count). The summed E-state index contributed by atoms with van der Waals surface area (Å²) >= 11 is 1.81. The maximum atomic E-state index is 16.0. The zero-order chi connectivity index (χ0) is 33.1. The molecule has 0 spiro atoms. The molecular weight excluding hydrogens is 616 g/mol. The molecule has 8 aromatic carbocycles. The van der Waals surface area contributed by atoms with Gasteiger partial charge in [-0.1, -0.05) is 152 Å². The summed E-state index contributed by atoms with van der Waals surface area (Å²) < 4.78 is 18.4. The molecule has 0 aliphatic rings. The van der Waals surface area contributed by atoms with Gasteiger partial charge in [-0.2, -0.15) is 0 Å². The highest BCUT2D eigenvalue weighted by Crippen LogP contribution is 2.48. The van der Waals surface area contributed by atoms with Crippen molar-refractivity contribution in [2.24, 2.45) is 0 Å². The van der Waals surface area contributed by atoms with Gasteiger partial charge in [-0.25, -0.2) is 4.39 Å². The molecule has 1 aromatic heterocycles. The van der Waals surface area contributed by atoms with Crippen molar-refractivity contribution in [3.63, 3.8) is 0 Å². The Balaban J connectivity index is 1.33. The minimum Gasteiger partial charge on any atom is -0.206 e. The van der Waals surface area contributed by atoms with Crippen molar-refractivity contribution in [1.82, 2.24) is 0 Å². The second-order valence-corrected chi connectivity index (χ2v) is 13.5. The molecule has 9 aromatic rings. The van der Waals surface area contributed by atoms with E-state index in [9.17, 15) is 0 Å². The lowest BCUT2D eigenvalue weighted by molar-refractivity contribution is 0.637. The van der Waals surface area contributed by atoms with Crippen LogP contribution in [-0.2, 0) is 0 Å². The monoisotopic (exact) mass is 646 g/mol. The van der Waals surface area contributed by atoms with Gasteiger partial charge >= 0.3 is 0 Å². The van der Waals surface area contributed by atoms with Gasteiger partial charge < -0.3 is 0 Å². The fourth-order valence-electron chi connectivity index (χ4n) is 7.81. The van der Waals surface area contributed by atoms with Crippen LogP contribution in [0.5, 0.6) is 0 Å². The van der Waals surface area contributed by atoms with Crippen LogP contribution in [0, 0.1) is 5.82 Å². The van der Waals surface area contributed by atoms with Crippen molar-refractivity contribution in [1.29, 1.82) is 0 Å². The molecule has 232 valence electrons. The van der Waals surface area contributed by atoms with Gasteiger partial charge in [0.05, 0.1) is 0 Å². The third-order valence-electron chi connectivity index (χ3n) is 9.82. The van der Waals surface area contributed by atoms with Crippen molar-refractivity contribution in [3.05, 3.63) is 169 Å². The number of benzene rings is 8. The van der Waals surface area contributed by atoms with Crippen molar-refractivity contribution in [2.45, 2.75) is 6.92 Å². The lowest BCUT2D eigenvalue weighted by atomic mass is 9.85. The fraction of sp³-hybridized carbons (Fsp3) is 0.0213. The molecule has 0 unspecified atom stereocenters. The number of hydrogen-bond donors (Lipinski definition) is 0. The maximum Gasteiger partial charge on any atom is 0.138 e. The van der Waals surface area contributed by atoms with Crippen LogP contribution in [0.2, 0.25) is 0 Å². The first kappa shape index (κ1) is 29.3. The van der Waals surface area contributed by atoms with Gasteiger partial charge in [0.25, 0.3) is 0 Å². The minimum absolute atomic E-state index is 0.211. The van der Waals surface area contributed by atoms with Gasteiger partial charge in [0.15, 0.2) is 0 Å². The van der Waals surface area contributed by atoms with Gasteiger partial charge in [0.1, 0.15) is 5.82 Å². The van der Waals surface area contributed by atoms with Gasteiger partial charge in [-0.05, 0) is 84.9 Å². The van der Waals surface area contributed by atoms with Gasteiger partial charge in [-0.3, -0.25) is 0 Å². The number of thiophene rings is 1.